The summed E-state index contributed by atoms with van der Waals surface area (Å²) < 4.78 is 9.35. The van der Waals surface area contributed by atoms with E-state index in [1.165, 1.54) is 6.08 Å². The first kappa shape index (κ1) is 12.4. The van der Waals surface area contributed by atoms with Gasteiger partial charge in [-0.3, -0.25) is 0 Å². The molecule has 4 nitrogen and oxygen atoms in total. The second-order valence-electron chi connectivity index (χ2n) is 2.74. The summed E-state index contributed by atoms with van der Waals surface area (Å²) in [6.45, 7) is 6.95. The van der Waals surface area contributed by atoms with Crippen LogP contribution in [0.2, 0.25) is 0 Å². The molecular formula is C10H14O4. The summed E-state index contributed by atoms with van der Waals surface area (Å²) in [7, 11) is 0. The van der Waals surface area contributed by atoms with E-state index >= 15 is 0 Å². The van der Waals surface area contributed by atoms with Crippen molar-refractivity contribution in [1.29, 1.82) is 0 Å². The molecule has 78 valence electrons. The molecule has 0 saturated carbocycles. The summed E-state index contributed by atoms with van der Waals surface area (Å²) >= 11 is 0. The minimum absolute atomic E-state index is 0.127. The third kappa shape index (κ3) is 7.09. The molecule has 4 heteroatoms. The zero-order valence-corrected chi connectivity index (χ0v) is 8.36. The lowest BCUT2D eigenvalue weighted by atomic mass is 10.4. The van der Waals surface area contributed by atoms with E-state index in [-0.39, 0.29) is 12.7 Å². The van der Waals surface area contributed by atoms with Crippen molar-refractivity contribution in [1.82, 2.24) is 0 Å². The Labute approximate surface area is 83.2 Å². The number of esters is 2. The second-order valence-corrected chi connectivity index (χ2v) is 2.74. The standard InChI is InChI=1S/C10H14O4/c1-4-7-13-9(11)5-6-10(12)14-8(2)3/h4-6,8H,1,7H2,2-3H3/b6-5+. The van der Waals surface area contributed by atoms with Crippen LogP contribution in [0, 0.1) is 0 Å². The molecule has 0 aliphatic rings. The van der Waals surface area contributed by atoms with Crippen molar-refractivity contribution in [3.8, 4) is 0 Å². The van der Waals surface area contributed by atoms with Gasteiger partial charge in [0.2, 0.25) is 0 Å². The van der Waals surface area contributed by atoms with Crippen LogP contribution in [-0.4, -0.2) is 24.6 Å². The quantitative estimate of drug-likeness (QED) is 0.378. The summed E-state index contributed by atoms with van der Waals surface area (Å²) in [6, 6.07) is 0. The molecule has 0 amide bonds. The summed E-state index contributed by atoms with van der Waals surface area (Å²) in [5, 5.41) is 0. The lowest BCUT2D eigenvalue weighted by molar-refractivity contribution is -0.142. The molecule has 0 saturated heterocycles. The van der Waals surface area contributed by atoms with Crippen LogP contribution in [0.4, 0.5) is 0 Å². The smallest absolute Gasteiger partial charge is 0.331 e. The predicted molar refractivity (Wildman–Crippen MR) is 51.5 cm³/mol. The molecule has 0 unspecified atom stereocenters. The molecule has 14 heavy (non-hydrogen) atoms. The van der Waals surface area contributed by atoms with E-state index in [2.05, 4.69) is 11.3 Å². The van der Waals surface area contributed by atoms with Gasteiger partial charge < -0.3 is 9.47 Å². The molecule has 0 N–H and O–H groups in total. The highest BCUT2D eigenvalue weighted by molar-refractivity contribution is 5.91. The summed E-state index contributed by atoms with van der Waals surface area (Å²) in [5.41, 5.74) is 0. The largest absolute Gasteiger partial charge is 0.460 e. The average Bonchev–Trinajstić information content (AvgIpc) is 2.10. The van der Waals surface area contributed by atoms with E-state index in [4.69, 9.17) is 4.74 Å². The SMILES string of the molecule is C=CCOC(=O)/C=C/C(=O)OC(C)C. The van der Waals surface area contributed by atoms with Gasteiger partial charge in [0, 0.05) is 12.2 Å². The first-order valence-electron chi connectivity index (χ1n) is 4.22. The van der Waals surface area contributed by atoms with E-state index < -0.39 is 11.9 Å². The molecule has 0 aliphatic carbocycles. The Morgan fingerprint density at radius 2 is 1.86 bits per heavy atom. The minimum Gasteiger partial charge on any atom is -0.460 e. The summed E-state index contributed by atoms with van der Waals surface area (Å²) in [4.78, 5) is 21.7. The second kappa shape index (κ2) is 6.88. The van der Waals surface area contributed by atoms with Crippen LogP contribution in [0.1, 0.15) is 13.8 Å². The lowest BCUT2D eigenvalue weighted by Gasteiger charge is -2.03. The van der Waals surface area contributed by atoms with Crippen LogP contribution in [0.25, 0.3) is 0 Å². The van der Waals surface area contributed by atoms with Crippen molar-refractivity contribution in [2.24, 2.45) is 0 Å². The van der Waals surface area contributed by atoms with Gasteiger partial charge in [0.25, 0.3) is 0 Å². The third-order valence-corrected chi connectivity index (χ3v) is 1.05. The normalized spacial score (nSPS) is 10.2. The van der Waals surface area contributed by atoms with E-state index in [9.17, 15) is 9.59 Å². The van der Waals surface area contributed by atoms with Crippen LogP contribution >= 0.6 is 0 Å². The van der Waals surface area contributed by atoms with E-state index in [0.29, 0.717) is 0 Å². The average molecular weight is 198 g/mol. The van der Waals surface area contributed by atoms with Crippen LogP contribution < -0.4 is 0 Å². The molecule has 0 atom stereocenters. The molecule has 0 radical (unpaired) electrons. The Bertz CT molecular complexity index is 241. The Morgan fingerprint density at radius 1 is 1.29 bits per heavy atom. The Morgan fingerprint density at radius 3 is 2.36 bits per heavy atom. The Balaban J connectivity index is 3.85. The number of carbonyl (C=O) groups is 2. The molecule has 0 aromatic rings. The van der Waals surface area contributed by atoms with Gasteiger partial charge in [-0.1, -0.05) is 12.7 Å². The van der Waals surface area contributed by atoms with Crippen molar-refractivity contribution in [2.75, 3.05) is 6.61 Å². The zero-order chi connectivity index (χ0) is 11.0. The highest BCUT2D eigenvalue weighted by atomic mass is 16.5. The zero-order valence-electron chi connectivity index (χ0n) is 8.36. The third-order valence-electron chi connectivity index (χ3n) is 1.05. The lowest BCUT2D eigenvalue weighted by Crippen LogP contribution is -2.09. The predicted octanol–water partition coefficient (Wildman–Crippen LogP) is 1.22. The van der Waals surface area contributed by atoms with Crippen LogP contribution in [0.3, 0.4) is 0 Å². The molecule has 0 aromatic carbocycles. The van der Waals surface area contributed by atoms with E-state index in [0.717, 1.165) is 12.2 Å². The number of hydrogen-bond acceptors (Lipinski definition) is 4. The number of rotatable bonds is 5. The maximum Gasteiger partial charge on any atom is 0.331 e. The molecule has 0 heterocycles. The Kier molecular flexibility index (Phi) is 6.11. The van der Waals surface area contributed by atoms with Gasteiger partial charge in [-0.25, -0.2) is 9.59 Å². The van der Waals surface area contributed by atoms with Gasteiger partial charge >= 0.3 is 11.9 Å². The van der Waals surface area contributed by atoms with Gasteiger partial charge in [0.1, 0.15) is 6.61 Å². The van der Waals surface area contributed by atoms with Crippen LogP contribution in [0.5, 0.6) is 0 Å². The summed E-state index contributed by atoms with van der Waals surface area (Å²) in [5.74, 6) is -1.15. The van der Waals surface area contributed by atoms with Crippen molar-refractivity contribution in [3.63, 3.8) is 0 Å². The monoisotopic (exact) mass is 198 g/mol. The fourth-order valence-electron chi connectivity index (χ4n) is 0.597. The van der Waals surface area contributed by atoms with Crippen molar-refractivity contribution in [3.05, 3.63) is 24.8 Å². The van der Waals surface area contributed by atoms with Gasteiger partial charge in [-0.05, 0) is 13.8 Å². The fraction of sp³-hybridized carbons (Fsp3) is 0.400. The van der Waals surface area contributed by atoms with Crippen molar-refractivity contribution >= 4 is 11.9 Å². The Hall–Kier alpha value is -1.58. The van der Waals surface area contributed by atoms with Gasteiger partial charge in [-0.2, -0.15) is 0 Å². The van der Waals surface area contributed by atoms with Gasteiger partial charge in [-0.15, -0.1) is 0 Å². The first-order valence-corrected chi connectivity index (χ1v) is 4.22. The highest BCUT2D eigenvalue weighted by Gasteiger charge is 2.01. The van der Waals surface area contributed by atoms with Gasteiger partial charge in [0.05, 0.1) is 6.10 Å². The topological polar surface area (TPSA) is 52.6 Å². The van der Waals surface area contributed by atoms with Crippen LogP contribution in [-0.2, 0) is 19.1 Å². The summed E-state index contributed by atoms with van der Waals surface area (Å²) in [6.07, 6.45) is 3.30. The number of ether oxygens (including phenoxy) is 2. The maximum absolute atomic E-state index is 10.9. The van der Waals surface area contributed by atoms with Crippen LogP contribution in [0.15, 0.2) is 24.8 Å². The molecular weight excluding hydrogens is 184 g/mol. The molecule has 0 spiro atoms. The molecule has 0 fully saturated rings. The molecule has 0 aromatic heterocycles. The van der Waals surface area contributed by atoms with Crippen molar-refractivity contribution < 1.29 is 19.1 Å². The molecule has 0 rings (SSSR count). The number of carbonyl (C=O) groups excluding carboxylic acids is 2. The fourth-order valence-corrected chi connectivity index (χ4v) is 0.597. The number of hydrogen-bond donors (Lipinski definition) is 0. The molecule has 0 aliphatic heterocycles. The van der Waals surface area contributed by atoms with Gasteiger partial charge in [0.15, 0.2) is 0 Å². The first-order chi connectivity index (χ1) is 6.56. The maximum atomic E-state index is 10.9. The van der Waals surface area contributed by atoms with E-state index in [1.54, 1.807) is 13.8 Å². The highest BCUT2D eigenvalue weighted by Crippen LogP contribution is 1.91. The minimum atomic E-state index is -0.592. The molecule has 0 bridgehead atoms. The van der Waals surface area contributed by atoms with E-state index in [1.807, 2.05) is 0 Å². The van der Waals surface area contributed by atoms with Crippen molar-refractivity contribution in [2.45, 2.75) is 20.0 Å².